The lowest BCUT2D eigenvalue weighted by molar-refractivity contribution is 0.440. The molecule has 0 aliphatic heterocycles. The Kier molecular flexibility index (Phi) is 3.74. The van der Waals surface area contributed by atoms with Gasteiger partial charge in [0, 0.05) is 17.3 Å². The number of oxazole rings is 1. The normalized spacial score (nSPS) is 12.9. The van der Waals surface area contributed by atoms with Crippen molar-refractivity contribution in [3.05, 3.63) is 40.2 Å². The average molecular weight is 236 g/mol. The lowest BCUT2D eigenvalue weighted by atomic mass is 10.2. The van der Waals surface area contributed by atoms with E-state index in [1.165, 1.54) is 4.88 Å². The second-order valence-electron chi connectivity index (χ2n) is 3.87. The number of rotatable bonds is 5. The first-order valence-corrected chi connectivity index (χ1v) is 6.29. The Hall–Kier alpha value is -1.13. The second kappa shape index (κ2) is 5.27. The molecule has 0 saturated carbocycles. The number of hydrogen-bond acceptors (Lipinski definition) is 4. The maximum Gasteiger partial charge on any atom is 0.199 e. The van der Waals surface area contributed by atoms with Crippen molar-refractivity contribution in [2.45, 2.75) is 25.8 Å². The van der Waals surface area contributed by atoms with Gasteiger partial charge in [0.05, 0.1) is 12.6 Å². The maximum atomic E-state index is 5.68. The maximum absolute atomic E-state index is 5.68. The molecule has 2 aromatic heterocycles. The summed E-state index contributed by atoms with van der Waals surface area (Å²) in [5.74, 6) is 1.76. The summed E-state index contributed by atoms with van der Waals surface area (Å²) in [5, 5.41) is 5.25. The molecular weight excluding hydrogens is 220 g/mol. The molecule has 0 aliphatic carbocycles. The molecule has 1 N–H and O–H groups in total. The third-order valence-corrected chi connectivity index (χ3v) is 3.38. The quantitative estimate of drug-likeness (QED) is 0.866. The minimum Gasteiger partial charge on any atom is -0.445 e. The standard InChI is InChI=1S/C12H16N2OS/c1-9(13-2)6-10-8-14-12(15-10)7-11-4-3-5-16-11/h3-5,8-9,13H,6-7H2,1-2H3. The molecule has 0 saturated heterocycles. The molecule has 0 amide bonds. The average Bonchev–Trinajstić information content (AvgIpc) is 2.91. The fraction of sp³-hybridized carbons (Fsp3) is 0.417. The Balaban J connectivity index is 1.97. The van der Waals surface area contributed by atoms with Gasteiger partial charge in [-0.1, -0.05) is 6.07 Å². The highest BCUT2D eigenvalue weighted by Gasteiger charge is 2.08. The largest absolute Gasteiger partial charge is 0.445 e. The molecule has 2 heterocycles. The summed E-state index contributed by atoms with van der Waals surface area (Å²) < 4.78 is 5.68. The lowest BCUT2D eigenvalue weighted by Crippen LogP contribution is -2.23. The molecule has 16 heavy (non-hydrogen) atoms. The SMILES string of the molecule is CNC(C)Cc1cnc(Cc2cccs2)o1. The van der Waals surface area contributed by atoms with E-state index in [0.29, 0.717) is 6.04 Å². The predicted octanol–water partition coefficient (Wildman–Crippen LogP) is 2.48. The Morgan fingerprint density at radius 3 is 3.12 bits per heavy atom. The van der Waals surface area contributed by atoms with Crippen molar-refractivity contribution in [2.75, 3.05) is 7.05 Å². The Morgan fingerprint density at radius 2 is 2.44 bits per heavy atom. The van der Waals surface area contributed by atoms with Crippen molar-refractivity contribution in [1.82, 2.24) is 10.3 Å². The van der Waals surface area contributed by atoms with Crippen molar-refractivity contribution >= 4 is 11.3 Å². The van der Waals surface area contributed by atoms with Crippen molar-refractivity contribution in [2.24, 2.45) is 0 Å². The van der Waals surface area contributed by atoms with Crippen molar-refractivity contribution in [1.29, 1.82) is 0 Å². The summed E-state index contributed by atoms with van der Waals surface area (Å²) in [6.07, 6.45) is 3.51. The first-order valence-electron chi connectivity index (χ1n) is 5.41. The molecular formula is C12H16N2OS. The van der Waals surface area contributed by atoms with Gasteiger partial charge in [0.15, 0.2) is 5.89 Å². The molecule has 0 fully saturated rings. The highest BCUT2D eigenvalue weighted by molar-refractivity contribution is 7.09. The van der Waals surface area contributed by atoms with Crippen LogP contribution in [-0.4, -0.2) is 18.1 Å². The molecule has 0 spiro atoms. The number of hydrogen-bond donors (Lipinski definition) is 1. The third-order valence-electron chi connectivity index (χ3n) is 2.51. The van der Waals surface area contributed by atoms with Crippen LogP contribution in [0.2, 0.25) is 0 Å². The van der Waals surface area contributed by atoms with E-state index in [0.717, 1.165) is 24.5 Å². The van der Waals surface area contributed by atoms with Crippen LogP contribution in [0, 0.1) is 0 Å². The van der Waals surface area contributed by atoms with Gasteiger partial charge in [0.25, 0.3) is 0 Å². The number of thiophene rings is 1. The summed E-state index contributed by atoms with van der Waals surface area (Å²) in [6, 6.07) is 4.57. The minimum atomic E-state index is 0.419. The van der Waals surface area contributed by atoms with Gasteiger partial charge in [-0.15, -0.1) is 11.3 Å². The fourth-order valence-electron chi connectivity index (χ4n) is 1.49. The van der Waals surface area contributed by atoms with Gasteiger partial charge in [-0.05, 0) is 25.4 Å². The number of nitrogens with one attached hydrogen (secondary N) is 1. The van der Waals surface area contributed by atoms with Gasteiger partial charge < -0.3 is 9.73 Å². The lowest BCUT2D eigenvalue weighted by Gasteiger charge is -2.05. The molecule has 0 aromatic carbocycles. The van der Waals surface area contributed by atoms with E-state index in [-0.39, 0.29) is 0 Å². The van der Waals surface area contributed by atoms with Crippen LogP contribution in [0.5, 0.6) is 0 Å². The summed E-state index contributed by atoms with van der Waals surface area (Å²) in [7, 11) is 1.95. The van der Waals surface area contributed by atoms with Gasteiger partial charge in [0.1, 0.15) is 5.76 Å². The molecule has 0 radical (unpaired) electrons. The molecule has 3 nitrogen and oxygen atoms in total. The Bertz CT molecular complexity index is 422. The summed E-state index contributed by atoms with van der Waals surface area (Å²) >= 11 is 1.73. The van der Waals surface area contributed by atoms with Gasteiger partial charge in [0.2, 0.25) is 0 Å². The van der Waals surface area contributed by atoms with E-state index in [2.05, 4.69) is 28.7 Å². The van der Waals surface area contributed by atoms with Crippen molar-refractivity contribution in [3.63, 3.8) is 0 Å². The molecule has 2 rings (SSSR count). The fourth-order valence-corrected chi connectivity index (χ4v) is 2.19. The van der Waals surface area contributed by atoms with Gasteiger partial charge in [-0.3, -0.25) is 0 Å². The monoisotopic (exact) mass is 236 g/mol. The van der Waals surface area contributed by atoms with E-state index < -0.39 is 0 Å². The van der Waals surface area contributed by atoms with Crippen LogP contribution in [0.3, 0.4) is 0 Å². The van der Waals surface area contributed by atoms with Gasteiger partial charge >= 0.3 is 0 Å². The Morgan fingerprint density at radius 1 is 1.56 bits per heavy atom. The zero-order chi connectivity index (χ0) is 11.4. The molecule has 0 bridgehead atoms. The second-order valence-corrected chi connectivity index (χ2v) is 4.90. The van der Waals surface area contributed by atoms with Gasteiger partial charge in [-0.2, -0.15) is 0 Å². The highest BCUT2D eigenvalue weighted by atomic mass is 32.1. The zero-order valence-corrected chi connectivity index (χ0v) is 10.4. The molecule has 86 valence electrons. The van der Waals surface area contributed by atoms with Crippen LogP contribution < -0.4 is 5.32 Å². The zero-order valence-electron chi connectivity index (χ0n) is 9.56. The van der Waals surface area contributed by atoms with E-state index in [4.69, 9.17) is 4.42 Å². The molecule has 1 unspecified atom stereocenters. The van der Waals surface area contributed by atoms with Crippen molar-refractivity contribution in [3.8, 4) is 0 Å². The van der Waals surface area contributed by atoms with E-state index in [1.807, 2.05) is 19.3 Å². The Labute approximate surface area is 99.5 Å². The van der Waals surface area contributed by atoms with Crippen LogP contribution in [-0.2, 0) is 12.8 Å². The molecule has 4 heteroatoms. The van der Waals surface area contributed by atoms with Crippen LogP contribution >= 0.6 is 11.3 Å². The van der Waals surface area contributed by atoms with Crippen molar-refractivity contribution < 1.29 is 4.42 Å². The topological polar surface area (TPSA) is 38.1 Å². The van der Waals surface area contributed by atoms with E-state index in [1.54, 1.807) is 11.3 Å². The number of aromatic nitrogens is 1. The third kappa shape index (κ3) is 2.93. The first kappa shape index (κ1) is 11.4. The molecule has 1 atom stereocenters. The smallest absolute Gasteiger partial charge is 0.199 e. The van der Waals surface area contributed by atoms with Gasteiger partial charge in [-0.25, -0.2) is 4.98 Å². The van der Waals surface area contributed by atoms with Crippen LogP contribution in [0.4, 0.5) is 0 Å². The van der Waals surface area contributed by atoms with Crippen LogP contribution in [0.15, 0.2) is 28.1 Å². The molecule has 0 aliphatic rings. The van der Waals surface area contributed by atoms with Crippen LogP contribution in [0.1, 0.15) is 23.5 Å². The highest BCUT2D eigenvalue weighted by Crippen LogP contribution is 2.15. The van der Waals surface area contributed by atoms with E-state index in [9.17, 15) is 0 Å². The molecule has 2 aromatic rings. The summed E-state index contributed by atoms with van der Waals surface area (Å²) in [6.45, 7) is 2.13. The number of nitrogens with zero attached hydrogens (tertiary/aromatic N) is 1. The minimum absolute atomic E-state index is 0.419. The first-order chi connectivity index (χ1) is 7.78. The summed E-state index contributed by atoms with van der Waals surface area (Å²) in [4.78, 5) is 5.58. The number of likely N-dealkylation sites (N-methyl/N-ethyl adjacent to an activating group) is 1. The predicted molar refractivity (Wildman–Crippen MR) is 65.9 cm³/mol. The van der Waals surface area contributed by atoms with Crippen LogP contribution in [0.25, 0.3) is 0 Å². The van der Waals surface area contributed by atoms with E-state index >= 15 is 0 Å². The summed E-state index contributed by atoms with van der Waals surface area (Å²) in [5.41, 5.74) is 0.